The first kappa shape index (κ1) is 15.0. The predicted octanol–water partition coefficient (Wildman–Crippen LogP) is 3.76. The van der Waals surface area contributed by atoms with Gasteiger partial charge in [0.2, 0.25) is 0 Å². The summed E-state index contributed by atoms with van der Waals surface area (Å²) in [4.78, 5) is 0. The van der Waals surface area contributed by atoms with E-state index in [1.165, 1.54) is 51.4 Å². The van der Waals surface area contributed by atoms with E-state index in [0.29, 0.717) is 0 Å². The molecule has 0 saturated heterocycles. The lowest BCUT2D eigenvalue weighted by Gasteiger charge is -2.22. The highest BCUT2D eigenvalue weighted by Gasteiger charge is 2.34. The summed E-state index contributed by atoms with van der Waals surface area (Å²) in [6.45, 7) is 2.26. The molecule has 0 amide bonds. The molecule has 3 N–H and O–H groups in total. The number of unbranched alkanes of at least 4 members (excludes halogenated alkanes) is 7. The minimum Gasteiger partial charge on any atom is -0.390 e. The van der Waals surface area contributed by atoms with E-state index in [4.69, 9.17) is 5.73 Å². The summed E-state index contributed by atoms with van der Waals surface area (Å²) in [5, 5.41) is 10.3. The molecular formula is C15H31NO. The van der Waals surface area contributed by atoms with Crippen LogP contribution in [-0.2, 0) is 0 Å². The molecule has 0 radical (unpaired) electrons. The van der Waals surface area contributed by atoms with Gasteiger partial charge in [0, 0.05) is 6.04 Å². The summed E-state index contributed by atoms with van der Waals surface area (Å²) >= 11 is 0. The lowest BCUT2D eigenvalue weighted by molar-refractivity contribution is 0.0349. The largest absolute Gasteiger partial charge is 0.390 e. The highest BCUT2D eigenvalue weighted by atomic mass is 16.3. The molecule has 2 atom stereocenters. The van der Waals surface area contributed by atoms with E-state index in [1.54, 1.807) is 0 Å². The third kappa shape index (κ3) is 6.42. The van der Waals surface area contributed by atoms with Gasteiger partial charge in [-0.25, -0.2) is 0 Å². The molecule has 1 aliphatic carbocycles. The zero-order chi connectivity index (χ0) is 12.6. The van der Waals surface area contributed by atoms with Crippen LogP contribution in [0.1, 0.15) is 84.0 Å². The van der Waals surface area contributed by atoms with Gasteiger partial charge in [-0.05, 0) is 25.7 Å². The highest BCUT2D eigenvalue weighted by Crippen LogP contribution is 2.33. The molecule has 102 valence electrons. The van der Waals surface area contributed by atoms with Crippen molar-refractivity contribution in [1.82, 2.24) is 0 Å². The molecule has 1 rings (SSSR count). The van der Waals surface area contributed by atoms with Gasteiger partial charge in [0.1, 0.15) is 0 Å². The van der Waals surface area contributed by atoms with Crippen molar-refractivity contribution < 1.29 is 5.11 Å². The van der Waals surface area contributed by atoms with Crippen molar-refractivity contribution in [3.8, 4) is 0 Å². The number of rotatable bonds is 9. The summed E-state index contributed by atoms with van der Waals surface area (Å²) in [5.74, 6) is 0. The third-order valence-electron chi connectivity index (χ3n) is 4.12. The molecule has 1 fully saturated rings. The van der Waals surface area contributed by atoms with E-state index >= 15 is 0 Å². The molecule has 0 aromatic rings. The lowest BCUT2D eigenvalue weighted by atomic mass is 9.94. The Morgan fingerprint density at radius 3 is 2.18 bits per heavy atom. The Morgan fingerprint density at radius 1 is 1.06 bits per heavy atom. The van der Waals surface area contributed by atoms with Gasteiger partial charge in [-0.3, -0.25) is 0 Å². The van der Waals surface area contributed by atoms with Crippen LogP contribution in [0.2, 0.25) is 0 Å². The topological polar surface area (TPSA) is 46.2 Å². The fourth-order valence-electron chi connectivity index (χ4n) is 2.96. The molecule has 0 aromatic carbocycles. The Balaban J connectivity index is 1.90. The molecule has 0 spiro atoms. The third-order valence-corrected chi connectivity index (χ3v) is 4.12. The molecule has 0 bridgehead atoms. The first-order valence-electron chi connectivity index (χ1n) is 7.64. The molecule has 1 aliphatic rings. The van der Waals surface area contributed by atoms with Crippen molar-refractivity contribution in [3.63, 3.8) is 0 Å². The van der Waals surface area contributed by atoms with Gasteiger partial charge in [0.05, 0.1) is 5.60 Å². The Labute approximate surface area is 107 Å². The average molecular weight is 241 g/mol. The van der Waals surface area contributed by atoms with Crippen LogP contribution in [-0.4, -0.2) is 16.7 Å². The van der Waals surface area contributed by atoms with Crippen LogP contribution in [0.3, 0.4) is 0 Å². The van der Waals surface area contributed by atoms with Crippen molar-refractivity contribution in [2.24, 2.45) is 5.73 Å². The number of hydrogen-bond acceptors (Lipinski definition) is 2. The Morgan fingerprint density at radius 2 is 1.65 bits per heavy atom. The minimum atomic E-state index is -0.415. The standard InChI is InChI=1S/C15H31NO/c1-2-3-4-5-6-7-8-9-11-15(17)12-10-14(16)13-15/h14,17H,2-13,16H2,1H3. The van der Waals surface area contributed by atoms with Crippen LogP contribution in [0.4, 0.5) is 0 Å². The van der Waals surface area contributed by atoms with Crippen LogP contribution >= 0.6 is 0 Å². The fraction of sp³-hybridized carbons (Fsp3) is 1.00. The lowest BCUT2D eigenvalue weighted by Crippen LogP contribution is -2.27. The number of hydrogen-bond donors (Lipinski definition) is 2. The number of aliphatic hydroxyl groups is 1. The van der Waals surface area contributed by atoms with Crippen molar-refractivity contribution in [1.29, 1.82) is 0 Å². The summed E-state index contributed by atoms with van der Waals surface area (Å²) in [6.07, 6.45) is 14.4. The maximum absolute atomic E-state index is 10.3. The Bertz CT molecular complexity index is 195. The molecule has 0 aliphatic heterocycles. The van der Waals surface area contributed by atoms with Gasteiger partial charge in [-0.1, -0.05) is 58.3 Å². The minimum absolute atomic E-state index is 0.244. The maximum Gasteiger partial charge on any atom is 0.0663 e. The Kier molecular flexibility index (Phi) is 7.14. The second kappa shape index (κ2) is 8.10. The first-order chi connectivity index (χ1) is 8.16. The first-order valence-corrected chi connectivity index (χ1v) is 7.64. The summed E-state index contributed by atoms with van der Waals surface area (Å²) in [6, 6.07) is 0.244. The summed E-state index contributed by atoms with van der Waals surface area (Å²) in [7, 11) is 0. The van der Waals surface area contributed by atoms with Gasteiger partial charge in [0.25, 0.3) is 0 Å². The molecule has 2 heteroatoms. The van der Waals surface area contributed by atoms with Crippen molar-refractivity contribution in [2.75, 3.05) is 0 Å². The molecule has 0 aromatic heterocycles. The van der Waals surface area contributed by atoms with Gasteiger partial charge in [-0.15, -0.1) is 0 Å². The summed E-state index contributed by atoms with van der Waals surface area (Å²) < 4.78 is 0. The quantitative estimate of drug-likeness (QED) is 0.604. The number of nitrogens with two attached hydrogens (primary N) is 1. The van der Waals surface area contributed by atoms with E-state index in [2.05, 4.69) is 6.92 Å². The molecule has 1 saturated carbocycles. The van der Waals surface area contributed by atoms with Crippen LogP contribution in [0.25, 0.3) is 0 Å². The van der Waals surface area contributed by atoms with E-state index in [1.807, 2.05) is 0 Å². The van der Waals surface area contributed by atoms with Gasteiger partial charge in [-0.2, -0.15) is 0 Å². The average Bonchev–Trinajstić information content (AvgIpc) is 2.63. The van der Waals surface area contributed by atoms with Crippen LogP contribution in [0.5, 0.6) is 0 Å². The molecule has 2 nitrogen and oxygen atoms in total. The Hall–Kier alpha value is -0.0800. The van der Waals surface area contributed by atoms with E-state index in [-0.39, 0.29) is 6.04 Å². The van der Waals surface area contributed by atoms with Crippen molar-refractivity contribution in [2.45, 2.75) is 95.6 Å². The molecule has 0 heterocycles. The summed E-state index contributed by atoms with van der Waals surface area (Å²) in [5.41, 5.74) is 5.43. The molecular weight excluding hydrogens is 210 g/mol. The van der Waals surface area contributed by atoms with Crippen molar-refractivity contribution in [3.05, 3.63) is 0 Å². The van der Waals surface area contributed by atoms with E-state index < -0.39 is 5.60 Å². The monoisotopic (exact) mass is 241 g/mol. The zero-order valence-electron chi connectivity index (χ0n) is 11.6. The zero-order valence-corrected chi connectivity index (χ0v) is 11.6. The maximum atomic E-state index is 10.3. The van der Waals surface area contributed by atoms with Gasteiger partial charge in [0.15, 0.2) is 0 Å². The van der Waals surface area contributed by atoms with Crippen LogP contribution in [0, 0.1) is 0 Å². The van der Waals surface area contributed by atoms with Gasteiger partial charge >= 0.3 is 0 Å². The highest BCUT2D eigenvalue weighted by molar-refractivity contribution is 4.90. The van der Waals surface area contributed by atoms with Crippen LogP contribution < -0.4 is 5.73 Å². The second-order valence-electron chi connectivity index (χ2n) is 5.95. The van der Waals surface area contributed by atoms with E-state index in [9.17, 15) is 5.11 Å². The second-order valence-corrected chi connectivity index (χ2v) is 5.95. The molecule has 17 heavy (non-hydrogen) atoms. The van der Waals surface area contributed by atoms with Crippen molar-refractivity contribution >= 4 is 0 Å². The molecule has 2 unspecified atom stereocenters. The van der Waals surface area contributed by atoms with Crippen LogP contribution in [0.15, 0.2) is 0 Å². The van der Waals surface area contributed by atoms with E-state index in [0.717, 1.165) is 25.7 Å². The normalized spacial score (nSPS) is 28.8. The predicted molar refractivity (Wildman–Crippen MR) is 74.0 cm³/mol. The van der Waals surface area contributed by atoms with Gasteiger partial charge < -0.3 is 10.8 Å². The smallest absolute Gasteiger partial charge is 0.0663 e. The fourth-order valence-corrected chi connectivity index (χ4v) is 2.96. The SMILES string of the molecule is CCCCCCCCCCC1(O)CCC(N)C1.